The number of halogens is 1. The molecule has 0 amide bonds. The van der Waals surface area contributed by atoms with E-state index in [4.69, 9.17) is 29.7 Å². The van der Waals surface area contributed by atoms with Crippen LogP contribution in [-0.4, -0.2) is 15.7 Å². The summed E-state index contributed by atoms with van der Waals surface area (Å²) in [7, 11) is 0. The lowest BCUT2D eigenvalue weighted by Crippen LogP contribution is -2.52. The first-order valence-corrected chi connectivity index (χ1v) is 5.71. The van der Waals surface area contributed by atoms with Crippen molar-refractivity contribution in [3.05, 3.63) is 29.3 Å². The number of rotatable bonds is 1. The summed E-state index contributed by atoms with van der Waals surface area (Å²) in [4.78, 5) is 0. The van der Waals surface area contributed by atoms with Gasteiger partial charge in [0.1, 0.15) is 0 Å². The van der Waals surface area contributed by atoms with Gasteiger partial charge >= 0.3 is 0 Å². The standard InChI is InChI=1S/C11H16ClN3S/c1-11(2,3)15(13)10(16)14-9-6-4-5-8(12)7-9/h4-7H,13H2,1-3H3,(H,14,16). The number of nitrogens with zero attached hydrogens (tertiary/aromatic N) is 1. The van der Waals surface area contributed by atoms with Crippen molar-refractivity contribution in [2.24, 2.45) is 5.84 Å². The summed E-state index contributed by atoms with van der Waals surface area (Å²) < 4.78 is 0. The van der Waals surface area contributed by atoms with Crippen LogP contribution in [0.2, 0.25) is 5.02 Å². The zero-order valence-corrected chi connectivity index (χ0v) is 11.2. The Labute approximate surface area is 107 Å². The van der Waals surface area contributed by atoms with E-state index in [9.17, 15) is 0 Å². The molecule has 0 atom stereocenters. The predicted molar refractivity (Wildman–Crippen MR) is 73.5 cm³/mol. The minimum absolute atomic E-state index is 0.220. The van der Waals surface area contributed by atoms with Gasteiger partial charge in [-0.1, -0.05) is 17.7 Å². The Morgan fingerprint density at radius 3 is 2.56 bits per heavy atom. The Hall–Kier alpha value is -0.840. The first-order valence-electron chi connectivity index (χ1n) is 4.92. The molecule has 0 bridgehead atoms. The Bertz CT molecular complexity index is 387. The molecule has 0 saturated heterocycles. The number of hydrogen-bond donors (Lipinski definition) is 2. The van der Waals surface area contributed by atoms with Gasteiger partial charge in [0.2, 0.25) is 0 Å². The molecule has 0 aliphatic rings. The number of hydrogen-bond acceptors (Lipinski definition) is 2. The van der Waals surface area contributed by atoms with E-state index in [0.717, 1.165) is 5.69 Å². The van der Waals surface area contributed by atoms with Crippen molar-refractivity contribution in [2.75, 3.05) is 5.32 Å². The van der Waals surface area contributed by atoms with Gasteiger partial charge in [0.25, 0.3) is 0 Å². The van der Waals surface area contributed by atoms with Gasteiger partial charge in [-0.05, 0) is 51.2 Å². The molecule has 0 fully saturated rings. The molecule has 3 nitrogen and oxygen atoms in total. The van der Waals surface area contributed by atoms with Gasteiger partial charge < -0.3 is 5.32 Å². The fourth-order valence-corrected chi connectivity index (χ4v) is 1.64. The van der Waals surface area contributed by atoms with Gasteiger partial charge in [0, 0.05) is 16.2 Å². The Morgan fingerprint density at radius 1 is 1.44 bits per heavy atom. The van der Waals surface area contributed by atoms with Crippen LogP contribution in [0.1, 0.15) is 20.8 Å². The zero-order valence-electron chi connectivity index (χ0n) is 9.62. The second kappa shape index (κ2) is 4.99. The smallest absolute Gasteiger partial charge is 0.188 e. The topological polar surface area (TPSA) is 41.3 Å². The van der Waals surface area contributed by atoms with Crippen molar-refractivity contribution in [3.8, 4) is 0 Å². The number of nitrogens with two attached hydrogens (primary N) is 1. The largest absolute Gasteiger partial charge is 0.331 e. The number of anilines is 1. The molecule has 1 rings (SSSR count). The highest BCUT2D eigenvalue weighted by Crippen LogP contribution is 2.16. The van der Waals surface area contributed by atoms with E-state index in [2.05, 4.69) is 5.32 Å². The molecule has 0 heterocycles. The third-order valence-electron chi connectivity index (χ3n) is 2.02. The van der Waals surface area contributed by atoms with E-state index in [-0.39, 0.29) is 5.54 Å². The third kappa shape index (κ3) is 3.63. The molecule has 0 aromatic heterocycles. The second-order valence-corrected chi connectivity index (χ2v) is 5.30. The SMILES string of the molecule is CC(C)(C)N(N)C(=S)Nc1cccc(Cl)c1. The fourth-order valence-electron chi connectivity index (χ4n) is 1.05. The van der Waals surface area contributed by atoms with Gasteiger partial charge in [-0.25, -0.2) is 5.84 Å². The van der Waals surface area contributed by atoms with E-state index in [1.165, 1.54) is 5.01 Å². The maximum Gasteiger partial charge on any atom is 0.188 e. The van der Waals surface area contributed by atoms with Gasteiger partial charge in [-0.2, -0.15) is 0 Å². The lowest BCUT2D eigenvalue weighted by molar-refractivity contribution is 0.247. The minimum atomic E-state index is -0.220. The van der Waals surface area contributed by atoms with Gasteiger partial charge in [-0.15, -0.1) is 0 Å². The van der Waals surface area contributed by atoms with Crippen LogP contribution in [0.15, 0.2) is 24.3 Å². The molecule has 0 unspecified atom stereocenters. The number of nitrogens with one attached hydrogen (secondary N) is 1. The average molecular weight is 258 g/mol. The van der Waals surface area contributed by atoms with Crippen LogP contribution in [0.5, 0.6) is 0 Å². The summed E-state index contributed by atoms with van der Waals surface area (Å²) in [5.41, 5.74) is 0.611. The molecule has 16 heavy (non-hydrogen) atoms. The Balaban J connectivity index is 2.72. The maximum absolute atomic E-state index is 5.88. The van der Waals surface area contributed by atoms with Crippen molar-refractivity contribution in [3.63, 3.8) is 0 Å². The Morgan fingerprint density at radius 2 is 2.06 bits per heavy atom. The monoisotopic (exact) mass is 257 g/mol. The molecule has 1 aromatic carbocycles. The molecular formula is C11H16ClN3S. The first kappa shape index (κ1) is 13.2. The lowest BCUT2D eigenvalue weighted by atomic mass is 10.1. The summed E-state index contributed by atoms with van der Waals surface area (Å²) in [5.74, 6) is 5.88. The molecule has 0 saturated carbocycles. The number of benzene rings is 1. The summed E-state index contributed by atoms with van der Waals surface area (Å²) in [5, 5.41) is 5.68. The average Bonchev–Trinajstić information content (AvgIpc) is 2.15. The molecular weight excluding hydrogens is 242 g/mol. The van der Waals surface area contributed by atoms with Gasteiger partial charge in [0.15, 0.2) is 5.11 Å². The van der Waals surface area contributed by atoms with Crippen LogP contribution in [0.3, 0.4) is 0 Å². The highest BCUT2D eigenvalue weighted by atomic mass is 35.5. The molecule has 5 heteroatoms. The van der Waals surface area contributed by atoms with Gasteiger partial charge in [0.05, 0.1) is 0 Å². The maximum atomic E-state index is 5.88. The summed E-state index contributed by atoms with van der Waals surface area (Å²) in [6.45, 7) is 5.96. The summed E-state index contributed by atoms with van der Waals surface area (Å²) in [6.07, 6.45) is 0. The summed E-state index contributed by atoms with van der Waals surface area (Å²) >= 11 is 11.1. The van der Waals surface area contributed by atoms with Crippen molar-refractivity contribution in [1.29, 1.82) is 0 Å². The van der Waals surface area contributed by atoms with E-state index in [1.54, 1.807) is 12.1 Å². The van der Waals surface area contributed by atoms with Crippen molar-refractivity contribution in [1.82, 2.24) is 5.01 Å². The minimum Gasteiger partial charge on any atom is -0.331 e. The molecule has 0 radical (unpaired) electrons. The van der Waals surface area contributed by atoms with E-state index < -0.39 is 0 Å². The molecule has 0 aliphatic heterocycles. The molecule has 3 N–H and O–H groups in total. The number of thiocarbonyl (C=S) groups is 1. The van der Waals surface area contributed by atoms with Crippen LogP contribution in [0.4, 0.5) is 5.69 Å². The lowest BCUT2D eigenvalue weighted by Gasteiger charge is -2.33. The van der Waals surface area contributed by atoms with Crippen LogP contribution < -0.4 is 11.2 Å². The highest BCUT2D eigenvalue weighted by molar-refractivity contribution is 7.80. The van der Waals surface area contributed by atoms with E-state index in [0.29, 0.717) is 10.1 Å². The second-order valence-electron chi connectivity index (χ2n) is 4.48. The normalized spacial score (nSPS) is 11.1. The van der Waals surface area contributed by atoms with Crippen molar-refractivity contribution >= 4 is 34.6 Å². The fraction of sp³-hybridized carbons (Fsp3) is 0.364. The predicted octanol–water partition coefficient (Wildman–Crippen LogP) is 3.01. The Kier molecular flexibility index (Phi) is 4.13. The molecule has 0 aliphatic carbocycles. The van der Waals surface area contributed by atoms with E-state index in [1.807, 2.05) is 32.9 Å². The zero-order chi connectivity index (χ0) is 12.3. The van der Waals surface area contributed by atoms with Crippen LogP contribution in [-0.2, 0) is 0 Å². The van der Waals surface area contributed by atoms with Crippen LogP contribution in [0.25, 0.3) is 0 Å². The third-order valence-corrected chi connectivity index (χ3v) is 2.55. The summed E-state index contributed by atoms with van der Waals surface area (Å²) in [6, 6.07) is 7.34. The highest BCUT2D eigenvalue weighted by Gasteiger charge is 2.20. The first-order chi connectivity index (χ1) is 7.30. The van der Waals surface area contributed by atoms with Crippen molar-refractivity contribution in [2.45, 2.75) is 26.3 Å². The van der Waals surface area contributed by atoms with Crippen molar-refractivity contribution < 1.29 is 0 Å². The quantitative estimate of drug-likeness (QED) is 0.461. The molecule has 0 spiro atoms. The van der Waals surface area contributed by atoms with Crippen LogP contribution in [0, 0.1) is 0 Å². The molecule has 88 valence electrons. The van der Waals surface area contributed by atoms with E-state index >= 15 is 0 Å². The molecule has 1 aromatic rings. The van der Waals surface area contributed by atoms with Crippen LogP contribution >= 0.6 is 23.8 Å². The number of hydrazine groups is 1. The van der Waals surface area contributed by atoms with Gasteiger partial charge in [-0.3, -0.25) is 5.01 Å².